The number of anilines is 1. The van der Waals surface area contributed by atoms with Crippen LogP contribution in [0.15, 0.2) is 12.1 Å². The maximum atomic E-state index is 5.92. The number of nitrogens with one attached hydrogen (secondary N) is 1. The van der Waals surface area contributed by atoms with Gasteiger partial charge in [0.25, 0.3) is 0 Å². The molecule has 1 aliphatic heterocycles. The monoisotopic (exact) mass is 227 g/mol. The van der Waals surface area contributed by atoms with Gasteiger partial charge >= 0.3 is 0 Å². The molecule has 1 fully saturated rings. The summed E-state index contributed by atoms with van der Waals surface area (Å²) >= 11 is 5.92. The Morgan fingerprint density at radius 2 is 2.13 bits per heavy atom. The van der Waals surface area contributed by atoms with Crippen molar-refractivity contribution in [3.63, 3.8) is 0 Å². The lowest BCUT2D eigenvalue weighted by Gasteiger charge is -2.28. The molecule has 0 aliphatic carbocycles. The number of pyridine rings is 1. The maximum absolute atomic E-state index is 5.92. The van der Waals surface area contributed by atoms with Crippen LogP contribution in [0.4, 0.5) is 5.82 Å². The molecule has 1 saturated heterocycles. The van der Waals surface area contributed by atoms with Crippen LogP contribution in [0.3, 0.4) is 0 Å². The van der Waals surface area contributed by atoms with Gasteiger partial charge in [-0.15, -0.1) is 0 Å². The number of methoxy groups -OCH3 is 1. The van der Waals surface area contributed by atoms with Crippen LogP contribution in [0.5, 0.6) is 5.88 Å². The molecular formula is C10H14ClN3O. The van der Waals surface area contributed by atoms with E-state index >= 15 is 0 Å². The smallest absolute Gasteiger partial charge is 0.234 e. The molecule has 15 heavy (non-hydrogen) atoms. The minimum Gasteiger partial charge on any atom is -0.480 e. The first-order valence-corrected chi connectivity index (χ1v) is 5.35. The van der Waals surface area contributed by atoms with Crippen LogP contribution in [0.25, 0.3) is 0 Å². The SMILES string of the molecule is COc1nc(N2CCNCC2)ccc1Cl. The number of nitrogens with zero attached hydrogens (tertiary/aromatic N) is 2. The Hall–Kier alpha value is -1.00. The Bertz CT molecular complexity index is 339. The third kappa shape index (κ3) is 2.33. The standard InChI is InChI=1S/C10H14ClN3O/c1-15-10-8(11)2-3-9(13-10)14-6-4-12-5-7-14/h2-3,12H,4-7H2,1H3. The largest absolute Gasteiger partial charge is 0.480 e. The number of rotatable bonds is 2. The number of halogens is 1. The van der Waals surface area contributed by atoms with Crippen molar-refractivity contribution in [2.24, 2.45) is 0 Å². The lowest BCUT2D eigenvalue weighted by atomic mass is 10.3. The number of aromatic nitrogens is 1. The molecule has 0 aromatic carbocycles. The zero-order valence-corrected chi connectivity index (χ0v) is 9.42. The molecule has 0 atom stereocenters. The molecule has 0 amide bonds. The predicted octanol–water partition coefficient (Wildman–Crippen LogP) is 1.15. The predicted molar refractivity (Wildman–Crippen MR) is 60.9 cm³/mol. The third-order valence-electron chi connectivity index (χ3n) is 2.43. The van der Waals surface area contributed by atoms with Gasteiger partial charge < -0.3 is 15.0 Å². The summed E-state index contributed by atoms with van der Waals surface area (Å²) in [6, 6.07) is 3.75. The Morgan fingerprint density at radius 3 is 2.80 bits per heavy atom. The van der Waals surface area contributed by atoms with E-state index in [1.165, 1.54) is 0 Å². The second kappa shape index (κ2) is 4.68. The third-order valence-corrected chi connectivity index (χ3v) is 2.72. The molecule has 0 unspecified atom stereocenters. The molecule has 1 aromatic heterocycles. The van der Waals surface area contributed by atoms with Crippen LogP contribution in [0, 0.1) is 0 Å². The molecule has 1 aromatic rings. The van der Waals surface area contributed by atoms with Crippen molar-refractivity contribution in [1.29, 1.82) is 0 Å². The lowest BCUT2D eigenvalue weighted by molar-refractivity contribution is 0.397. The molecule has 5 heteroatoms. The summed E-state index contributed by atoms with van der Waals surface area (Å²) in [5.41, 5.74) is 0. The molecule has 4 nitrogen and oxygen atoms in total. The first kappa shape index (κ1) is 10.5. The van der Waals surface area contributed by atoms with Crippen LogP contribution in [0.2, 0.25) is 5.02 Å². The highest BCUT2D eigenvalue weighted by molar-refractivity contribution is 6.31. The molecule has 0 spiro atoms. The number of piperazine rings is 1. The van der Waals surface area contributed by atoms with Crippen LogP contribution >= 0.6 is 11.6 Å². The number of hydrogen-bond donors (Lipinski definition) is 1. The second-order valence-electron chi connectivity index (χ2n) is 3.40. The highest BCUT2D eigenvalue weighted by atomic mass is 35.5. The minimum absolute atomic E-state index is 0.493. The van der Waals surface area contributed by atoms with Crippen molar-refractivity contribution in [2.45, 2.75) is 0 Å². The molecule has 2 heterocycles. The number of ether oxygens (including phenoxy) is 1. The second-order valence-corrected chi connectivity index (χ2v) is 3.80. The normalized spacial score (nSPS) is 16.5. The van der Waals surface area contributed by atoms with E-state index in [9.17, 15) is 0 Å². The van der Waals surface area contributed by atoms with Gasteiger partial charge in [0.1, 0.15) is 10.8 Å². The van der Waals surface area contributed by atoms with E-state index in [-0.39, 0.29) is 0 Å². The molecule has 0 saturated carbocycles. The van der Waals surface area contributed by atoms with E-state index in [1.807, 2.05) is 12.1 Å². The molecular weight excluding hydrogens is 214 g/mol. The van der Waals surface area contributed by atoms with Gasteiger partial charge in [0.05, 0.1) is 7.11 Å². The minimum atomic E-state index is 0.493. The van der Waals surface area contributed by atoms with E-state index in [2.05, 4.69) is 15.2 Å². The molecule has 0 bridgehead atoms. The van der Waals surface area contributed by atoms with E-state index in [4.69, 9.17) is 16.3 Å². The van der Waals surface area contributed by atoms with E-state index in [0.717, 1.165) is 32.0 Å². The summed E-state index contributed by atoms with van der Waals surface area (Å²) in [7, 11) is 1.58. The molecule has 2 rings (SSSR count). The van der Waals surface area contributed by atoms with Crippen molar-refractivity contribution in [2.75, 3.05) is 38.2 Å². The van der Waals surface area contributed by atoms with Gasteiger partial charge in [-0.3, -0.25) is 0 Å². The molecule has 1 N–H and O–H groups in total. The molecule has 0 radical (unpaired) electrons. The Kier molecular flexibility index (Phi) is 3.28. The Morgan fingerprint density at radius 1 is 1.40 bits per heavy atom. The summed E-state index contributed by atoms with van der Waals surface area (Å²) in [5.74, 6) is 1.42. The van der Waals surface area contributed by atoms with E-state index in [1.54, 1.807) is 7.11 Å². The van der Waals surface area contributed by atoms with Gasteiger partial charge in [-0.05, 0) is 12.1 Å². The van der Waals surface area contributed by atoms with Crippen LogP contribution in [-0.4, -0.2) is 38.3 Å². The fourth-order valence-electron chi connectivity index (χ4n) is 1.63. The highest BCUT2D eigenvalue weighted by Crippen LogP contribution is 2.25. The summed E-state index contributed by atoms with van der Waals surface area (Å²) in [5, 5.41) is 3.85. The van der Waals surface area contributed by atoms with Crippen LogP contribution < -0.4 is 15.0 Å². The van der Waals surface area contributed by atoms with Crippen molar-refractivity contribution in [3.8, 4) is 5.88 Å². The molecule has 82 valence electrons. The van der Waals surface area contributed by atoms with Crippen LogP contribution in [-0.2, 0) is 0 Å². The van der Waals surface area contributed by atoms with Gasteiger partial charge in [-0.25, -0.2) is 0 Å². The van der Waals surface area contributed by atoms with Crippen LogP contribution in [0.1, 0.15) is 0 Å². The van der Waals surface area contributed by atoms with Crippen molar-refractivity contribution in [1.82, 2.24) is 10.3 Å². The highest BCUT2D eigenvalue weighted by Gasteiger charge is 2.13. The summed E-state index contributed by atoms with van der Waals surface area (Å²) in [6.45, 7) is 3.93. The van der Waals surface area contributed by atoms with Gasteiger partial charge in [-0.1, -0.05) is 11.6 Å². The fraction of sp³-hybridized carbons (Fsp3) is 0.500. The Labute approximate surface area is 94.2 Å². The van der Waals surface area contributed by atoms with Gasteiger partial charge in [0, 0.05) is 26.2 Å². The summed E-state index contributed by atoms with van der Waals surface area (Å²) in [4.78, 5) is 6.58. The summed E-state index contributed by atoms with van der Waals surface area (Å²) < 4.78 is 5.09. The van der Waals surface area contributed by atoms with Crippen molar-refractivity contribution in [3.05, 3.63) is 17.2 Å². The summed E-state index contributed by atoms with van der Waals surface area (Å²) in [6.07, 6.45) is 0. The average Bonchev–Trinajstić information content (AvgIpc) is 2.31. The quantitative estimate of drug-likeness (QED) is 0.823. The molecule has 1 aliphatic rings. The van der Waals surface area contributed by atoms with Crippen molar-refractivity contribution >= 4 is 17.4 Å². The number of hydrogen-bond acceptors (Lipinski definition) is 4. The van der Waals surface area contributed by atoms with Gasteiger partial charge in [-0.2, -0.15) is 4.98 Å². The zero-order chi connectivity index (χ0) is 10.7. The first-order chi connectivity index (χ1) is 7.31. The van der Waals surface area contributed by atoms with Gasteiger partial charge in [0.15, 0.2) is 0 Å². The zero-order valence-electron chi connectivity index (χ0n) is 8.66. The van der Waals surface area contributed by atoms with Gasteiger partial charge in [0.2, 0.25) is 5.88 Å². The average molecular weight is 228 g/mol. The van der Waals surface area contributed by atoms with Crippen molar-refractivity contribution < 1.29 is 4.74 Å². The topological polar surface area (TPSA) is 37.4 Å². The Balaban J connectivity index is 2.20. The van der Waals surface area contributed by atoms with E-state index in [0.29, 0.717) is 10.9 Å². The fourth-order valence-corrected chi connectivity index (χ4v) is 1.81. The maximum Gasteiger partial charge on any atom is 0.234 e. The first-order valence-electron chi connectivity index (χ1n) is 4.97. The van der Waals surface area contributed by atoms with E-state index < -0.39 is 0 Å². The lowest BCUT2D eigenvalue weighted by Crippen LogP contribution is -2.43.